The molecule has 0 aliphatic carbocycles. The summed E-state index contributed by atoms with van der Waals surface area (Å²) < 4.78 is 11.6. The van der Waals surface area contributed by atoms with Gasteiger partial charge in [0.1, 0.15) is 6.61 Å². The molecule has 1 aromatic heterocycles. The van der Waals surface area contributed by atoms with Crippen molar-refractivity contribution in [3.05, 3.63) is 64.5 Å². The average molecular weight is 324 g/mol. The number of para-hydroxylation sites is 1. The minimum Gasteiger partial charge on any atom is -0.493 e. The Balaban J connectivity index is 1.83. The molecule has 2 aromatic carbocycles. The van der Waals surface area contributed by atoms with Crippen molar-refractivity contribution < 1.29 is 9.47 Å². The van der Waals surface area contributed by atoms with Crippen LogP contribution in [-0.2, 0) is 13.0 Å². The quantitative estimate of drug-likeness (QED) is 0.754. The second kappa shape index (κ2) is 7.12. The van der Waals surface area contributed by atoms with Gasteiger partial charge in [-0.3, -0.25) is 0 Å². The molecule has 0 fully saturated rings. The molecule has 6 nitrogen and oxygen atoms in total. The molecule has 0 aliphatic heterocycles. The van der Waals surface area contributed by atoms with E-state index in [0.29, 0.717) is 30.4 Å². The maximum atomic E-state index is 6.05. The lowest BCUT2D eigenvalue weighted by Crippen LogP contribution is -2.03. The van der Waals surface area contributed by atoms with Crippen LogP contribution in [0.2, 0.25) is 0 Å². The maximum Gasteiger partial charge on any atom is 0.179 e. The summed E-state index contributed by atoms with van der Waals surface area (Å²) in [4.78, 5) is 0. The van der Waals surface area contributed by atoms with E-state index in [4.69, 9.17) is 9.47 Å². The number of ether oxygens (including phenoxy) is 2. The van der Waals surface area contributed by atoms with E-state index in [1.807, 2.05) is 18.2 Å². The highest BCUT2D eigenvalue weighted by Gasteiger charge is 2.13. The molecule has 6 heteroatoms. The molecule has 0 aliphatic rings. The number of aromatic nitrogens is 4. The zero-order valence-corrected chi connectivity index (χ0v) is 14.0. The van der Waals surface area contributed by atoms with Crippen molar-refractivity contribution in [2.75, 3.05) is 7.11 Å². The highest BCUT2D eigenvalue weighted by atomic mass is 16.5. The van der Waals surface area contributed by atoms with Crippen LogP contribution >= 0.6 is 0 Å². The molecule has 124 valence electrons. The molecule has 24 heavy (non-hydrogen) atoms. The Kier molecular flexibility index (Phi) is 4.74. The summed E-state index contributed by atoms with van der Waals surface area (Å²) >= 11 is 0. The number of H-pyrrole nitrogens is 1. The molecule has 0 amide bonds. The molecule has 0 bridgehead atoms. The molecule has 0 saturated heterocycles. The van der Waals surface area contributed by atoms with E-state index in [9.17, 15) is 0 Å². The standard InChI is InChI=1S/C18H20N4O2/c1-12-6-4-7-13(2)15(12)11-24-16-9-5-8-14(18(16)23-3)10-17-19-21-22-20-17/h4-9H,10-11H2,1-3H3,(H,19,20,21,22). The second-order valence-electron chi connectivity index (χ2n) is 5.61. The lowest BCUT2D eigenvalue weighted by atomic mass is 10.0. The van der Waals surface area contributed by atoms with E-state index < -0.39 is 0 Å². The summed E-state index contributed by atoms with van der Waals surface area (Å²) in [6, 6.07) is 12.1. The number of rotatable bonds is 6. The molecule has 0 spiro atoms. The van der Waals surface area contributed by atoms with Gasteiger partial charge in [-0.15, -0.1) is 10.2 Å². The fourth-order valence-electron chi connectivity index (χ4n) is 2.70. The van der Waals surface area contributed by atoms with Gasteiger partial charge in [0.25, 0.3) is 0 Å². The lowest BCUT2D eigenvalue weighted by molar-refractivity contribution is 0.282. The molecule has 0 saturated carbocycles. The number of hydrogen-bond acceptors (Lipinski definition) is 5. The van der Waals surface area contributed by atoms with Gasteiger partial charge in [0, 0.05) is 12.0 Å². The van der Waals surface area contributed by atoms with Crippen molar-refractivity contribution in [2.45, 2.75) is 26.9 Å². The minimum absolute atomic E-state index is 0.501. The van der Waals surface area contributed by atoms with E-state index in [2.05, 4.69) is 52.7 Å². The van der Waals surface area contributed by atoms with Gasteiger partial charge in [-0.1, -0.05) is 35.5 Å². The van der Waals surface area contributed by atoms with Gasteiger partial charge < -0.3 is 9.47 Å². The minimum atomic E-state index is 0.501. The van der Waals surface area contributed by atoms with Crippen molar-refractivity contribution in [1.82, 2.24) is 20.6 Å². The van der Waals surface area contributed by atoms with Crippen LogP contribution in [-0.4, -0.2) is 27.7 Å². The fraction of sp³-hybridized carbons (Fsp3) is 0.278. The normalized spacial score (nSPS) is 10.6. The highest BCUT2D eigenvalue weighted by molar-refractivity contribution is 5.48. The number of methoxy groups -OCH3 is 1. The number of hydrogen-bond donors (Lipinski definition) is 1. The van der Waals surface area contributed by atoms with Crippen LogP contribution in [0.3, 0.4) is 0 Å². The van der Waals surface area contributed by atoms with Crippen LogP contribution in [0.15, 0.2) is 36.4 Å². The zero-order chi connectivity index (χ0) is 16.9. The monoisotopic (exact) mass is 324 g/mol. The van der Waals surface area contributed by atoms with E-state index in [0.717, 1.165) is 5.56 Å². The third-order valence-corrected chi connectivity index (χ3v) is 4.02. The number of benzene rings is 2. The van der Waals surface area contributed by atoms with Gasteiger partial charge in [0.15, 0.2) is 17.3 Å². The Morgan fingerprint density at radius 1 is 1.04 bits per heavy atom. The van der Waals surface area contributed by atoms with Crippen molar-refractivity contribution in [3.8, 4) is 11.5 Å². The van der Waals surface area contributed by atoms with Crippen LogP contribution in [0.25, 0.3) is 0 Å². The Morgan fingerprint density at radius 2 is 1.79 bits per heavy atom. The topological polar surface area (TPSA) is 72.9 Å². The van der Waals surface area contributed by atoms with Crippen LogP contribution in [0.5, 0.6) is 11.5 Å². The Morgan fingerprint density at radius 3 is 2.46 bits per heavy atom. The first-order chi connectivity index (χ1) is 11.7. The van der Waals surface area contributed by atoms with E-state index in [-0.39, 0.29) is 0 Å². The largest absolute Gasteiger partial charge is 0.493 e. The third kappa shape index (κ3) is 3.37. The number of aromatic amines is 1. The van der Waals surface area contributed by atoms with Crippen LogP contribution < -0.4 is 9.47 Å². The SMILES string of the molecule is COc1c(Cc2nn[nH]n2)cccc1OCc1c(C)cccc1C. The lowest BCUT2D eigenvalue weighted by Gasteiger charge is -2.15. The summed E-state index contributed by atoms with van der Waals surface area (Å²) in [7, 11) is 1.64. The van der Waals surface area contributed by atoms with Gasteiger partial charge in [-0.25, -0.2) is 0 Å². The molecular formula is C18H20N4O2. The summed E-state index contributed by atoms with van der Waals surface area (Å²) in [6.45, 7) is 4.69. The van der Waals surface area contributed by atoms with Gasteiger partial charge in [-0.05, 0) is 36.6 Å². The highest BCUT2D eigenvalue weighted by Crippen LogP contribution is 2.33. The summed E-state index contributed by atoms with van der Waals surface area (Å²) in [5, 5.41) is 14.0. The number of nitrogens with one attached hydrogen (secondary N) is 1. The van der Waals surface area contributed by atoms with Gasteiger partial charge in [-0.2, -0.15) is 5.21 Å². The fourth-order valence-corrected chi connectivity index (χ4v) is 2.70. The number of tetrazole rings is 1. The number of aryl methyl sites for hydroxylation is 2. The molecule has 0 unspecified atom stereocenters. The van der Waals surface area contributed by atoms with Crippen molar-refractivity contribution in [2.24, 2.45) is 0 Å². The van der Waals surface area contributed by atoms with E-state index in [1.54, 1.807) is 7.11 Å². The summed E-state index contributed by atoms with van der Waals surface area (Å²) in [5.41, 5.74) is 4.59. The van der Waals surface area contributed by atoms with Crippen LogP contribution in [0.4, 0.5) is 0 Å². The maximum absolute atomic E-state index is 6.05. The first-order valence-electron chi connectivity index (χ1n) is 7.75. The predicted octanol–water partition coefficient (Wildman–Crippen LogP) is 2.99. The molecule has 0 atom stereocenters. The average Bonchev–Trinajstić information content (AvgIpc) is 3.07. The van der Waals surface area contributed by atoms with E-state index >= 15 is 0 Å². The summed E-state index contributed by atoms with van der Waals surface area (Å²) in [5.74, 6) is 2.02. The van der Waals surface area contributed by atoms with Gasteiger partial charge in [0.2, 0.25) is 0 Å². The van der Waals surface area contributed by atoms with Crippen molar-refractivity contribution in [3.63, 3.8) is 0 Å². The first-order valence-corrected chi connectivity index (χ1v) is 7.75. The van der Waals surface area contributed by atoms with Crippen LogP contribution in [0, 0.1) is 13.8 Å². The molecule has 3 rings (SSSR count). The smallest absolute Gasteiger partial charge is 0.179 e. The Hall–Kier alpha value is -2.89. The Labute approximate surface area is 140 Å². The number of nitrogens with zero attached hydrogens (tertiary/aromatic N) is 3. The van der Waals surface area contributed by atoms with E-state index in [1.165, 1.54) is 16.7 Å². The summed E-state index contributed by atoms with van der Waals surface area (Å²) in [6.07, 6.45) is 0.528. The van der Waals surface area contributed by atoms with Crippen molar-refractivity contribution in [1.29, 1.82) is 0 Å². The Bertz CT molecular complexity index is 796. The molecular weight excluding hydrogens is 304 g/mol. The van der Waals surface area contributed by atoms with Gasteiger partial charge in [0.05, 0.1) is 7.11 Å². The molecule has 1 N–H and O–H groups in total. The molecule has 0 radical (unpaired) electrons. The molecule has 1 heterocycles. The van der Waals surface area contributed by atoms with Gasteiger partial charge >= 0.3 is 0 Å². The predicted molar refractivity (Wildman–Crippen MR) is 90.2 cm³/mol. The second-order valence-corrected chi connectivity index (χ2v) is 5.61. The molecule has 3 aromatic rings. The first kappa shape index (κ1) is 16.0. The van der Waals surface area contributed by atoms with Crippen molar-refractivity contribution >= 4 is 0 Å². The third-order valence-electron chi connectivity index (χ3n) is 4.02. The zero-order valence-electron chi connectivity index (χ0n) is 14.0. The van der Waals surface area contributed by atoms with Crippen LogP contribution in [0.1, 0.15) is 28.1 Å².